The fourth-order valence-electron chi connectivity index (χ4n) is 5.83. The number of allylic oxidation sites excluding steroid dienone is 1. The van der Waals surface area contributed by atoms with Crippen molar-refractivity contribution in [2.24, 2.45) is 0 Å². The van der Waals surface area contributed by atoms with Crippen LogP contribution in [-0.4, -0.2) is 56.4 Å². The van der Waals surface area contributed by atoms with Crippen LogP contribution in [0, 0.1) is 11.2 Å². The molecule has 236 valence electrons. The van der Waals surface area contributed by atoms with Crippen molar-refractivity contribution in [1.82, 2.24) is 4.90 Å². The van der Waals surface area contributed by atoms with Crippen LogP contribution >= 0.6 is 11.6 Å². The second-order valence-corrected chi connectivity index (χ2v) is 11.5. The van der Waals surface area contributed by atoms with Crippen LogP contribution in [0.4, 0.5) is 14.5 Å². The van der Waals surface area contributed by atoms with Crippen molar-refractivity contribution in [3.63, 3.8) is 0 Å². The molecule has 44 heavy (non-hydrogen) atoms. The van der Waals surface area contributed by atoms with E-state index in [2.05, 4.69) is 24.1 Å². The molecule has 2 atom stereocenters. The number of halogens is 3. The number of hydrogen-bond acceptors (Lipinski definition) is 5. The van der Waals surface area contributed by atoms with Crippen molar-refractivity contribution in [2.75, 3.05) is 38.2 Å². The maximum Gasteiger partial charge on any atom is 0.127 e. The lowest BCUT2D eigenvalue weighted by molar-refractivity contribution is 0.0762. The van der Waals surface area contributed by atoms with Gasteiger partial charge >= 0.3 is 0 Å². The third-order valence-electron chi connectivity index (χ3n) is 7.93. The van der Waals surface area contributed by atoms with E-state index in [-0.39, 0.29) is 24.8 Å². The zero-order valence-corrected chi connectivity index (χ0v) is 26.7. The Morgan fingerprint density at radius 3 is 2.52 bits per heavy atom. The van der Waals surface area contributed by atoms with Gasteiger partial charge in [-0.25, -0.2) is 4.39 Å². The maximum atomic E-state index is 14.0. The predicted octanol–water partition coefficient (Wildman–Crippen LogP) is 9.23. The minimum atomic E-state index is -0.384. The van der Waals surface area contributed by atoms with E-state index in [1.165, 1.54) is 18.3 Å². The molecular formula is C36H44ClF2N3O2. The van der Waals surface area contributed by atoms with Gasteiger partial charge in [-0.15, -0.1) is 0 Å². The summed E-state index contributed by atoms with van der Waals surface area (Å²) in [6.45, 7) is 8.92. The van der Waals surface area contributed by atoms with Gasteiger partial charge in [0.25, 0.3) is 0 Å². The number of rotatable bonds is 16. The summed E-state index contributed by atoms with van der Waals surface area (Å²) in [6.07, 6.45) is 5.22. The molecule has 0 spiro atoms. The average molecular weight is 624 g/mol. The second kappa shape index (κ2) is 16.7. The van der Waals surface area contributed by atoms with Crippen molar-refractivity contribution < 1.29 is 18.3 Å². The van der Waals surface area contributed by atoms with Crippen molar-refractivity contribution in [3.8, 4) is 5.75 Å². The van der Waals surface area contributed by atoms with Crippen molar-refractivity contribution in [2.45, 2.75) is 65.2 Å². The third kappa shape index (κ3) is 8.68. The first-order chi connectivity index (χ1) is 21.4. The molecule has 0 aromatic heterocycles. The molecule has 0 amide bonds. The van der Waals surface area contributed by atoms with Crippen molar-refractivity contribution in [1.29, 1.82) is 5.41 Å². The Kier molecular flexibility index (Phi) is 12.8. The lowest BCUT2D eigenvalue weighted by Gasteiger charge is -2.22. The molecule has 0 radical (unpaired) electrons. The van der Waals surface area contributed by atoms with Gasteiger partial charge < -0.3 is 20.2 Å². The van der Waals surface area contributed by atoms with E-state index in [0.717, 1.165) is 83.7 Å². The molecular weight excluding hydrogens is 580 g/mol. The van der Waals surface area contributed by atoms with Crippen LogP contribution in [0.2, 0.25) is 5.02 Å². The van der Waals surface area contributed by atoms with Gasteiger partial charge in [-0.1, -0.05) is 56.1 Å². The summed E-state index contributed by atoms with van der Waals surface area (Å²) in [6, 6.07) is 18.6. The number of benzene rings is 3. The Hall–Kier alpha value is -3.26. The summed E-state index contributed by atoms with van der Waals surface area (Å²) in [5.41, 5.74) is 6.13. The SMILES string of the molecule is CCCC(Nc1ccc(/C(=C(\CC)c2ccc(F)cc2Cl)c2ccc(OC3CCN(CCCF)C3)cc2)cc1C=N)OCC. The van der Waals surface area contributed by atoms with Crippen LogP contribution in [0.1, 0.15) is 75.1 Å². The van der Waals surface area contributed by atoms with Crippen molar-refractivity contribution in [3.05, 3.63) is 93.8 Å². The van der Waals surface area contributed by atoms with Crippen LogP contribution in [0.3, 0.4) is 0 Å². The van der Waals surface area contributed by atoms with E-state index < -0.39 is 0 Å². The lowest BCUT2D eigenvalue weighted by Crippen LogP contribution is -2.26. The molecule has 8 heteroatoms. The van der Waals surface area contributed by atoms with E-state index >= 15 is 0 Å². The zero-order chi connectivity index (χ0) is 31.5. The molecule has 3 aromatic carbocycles. The standard InChI is InChI=1S/C36H44ClF2N3O2/c1-4-8-35(43-6-3)41-34-16-11-26(21-27(34)23-40)36(31(5-2)32-15-12-28(39)22-33(32)37)25-9-13-29(14-10-25)44-30-17-20-42(24-30)19-7-18-38/h9-16,21-23,30,35,40-41H,4-8,17-20,24H2,1-3H3/b36-31+,40-23?. The number of alkyl halides is 1. The number of nitrogens with one attached hydrogen (secondary N) is 2. The molecule has 1 aliphatic heterocycles. The quantitative estimate of drug-likeness (QED) is 0.0949. The summed E-state index contributed by atoms with van der Waals surface area (Å²) in [7, 11) is 0. The molecule has 0 bridgehead atoms. The minimum Gasteiger partial charge on any atom is -0.489 e. The Balaban J connectivity index is 1.72. The molecule has 1 heterocycles. The third-order valence-corrected chi connectivity index (χ3v) is 8.24. The van der Waals surface area contributed by atoms with Gasteiger partial charge in [-0.05, 0) is 96.8 Å². The summed E-state index contributed by atoms with van der Waals surface area (Å²) >= 11 is 6.61. The van der Waals surface area contributed by atoms with Crippen molar-refractivity contribution >= 4 is 34.6 Å². The molecule has 0 aliphatic carbocycles. The van der Waals surface area contributed by atoms with Gasteiger partial charge in [0.15, 0.2) is 0 Å². The van der Waals surface area contributed by atoms with E-state index in [1.54, 1.807) is 6.07 Å². The number of likely N-dealkylation sites (tertiary alicyclic amines) is 1. The van der Waals surface area contributed by atoms with Crippen LogP contribution < -0.4 is 10.1 Å². The summed E-state index contributed by atoms with van der Waals surface area (Å²) in [5.74, 6) is 0.394. The summed E-state index contributed by atoms with van der Waals surface area (Å²) < 4.78 is 38.8. The maximum absolute atomic E-state index is 14.0. The van der Waals surface area contributed by atoms with E-state index in [4.69, 9.17) is 26.5 Å². The fraction of sp³-hybridized carbons (Fsp3) is 0.417. The Labute approximate surface area is 265 Å². The molecule has 1 fully saturated rings. The number of anilines is 1. The van der Waals surface area contributed by atoms with E-state index in [9.17, 15) is 8.78 Å². The van der Waals surface area contributed by atoms with E-state index in [0.29, 0.717) is 24.5 Å². The van der Waals surface area contributed by atoms with Gasteiger partial charge in [0.1, 0.15) is 23.9 Å². The van der Waals surface area contributed by atoms with Gasteiger partial charge in [-0.2, -0.15) is 0 Å². The van der Waals surface area contributed by atoms with E-state index in [1.807, 2.05) is 49.4 Å². The van der Waals surface area contributed by atoms with Gasteiger partial charge in [0, 0.05) is 43.7 Å². The normalized spacial score (nSPS) is 16.5. The van der Waals surface area contributed by atoms with Crippen LogP contribution in [-0.2, 0) is 4.74 Å². The Morgan fingerprint density at radius 2 is 1.86 bits per heavy atom. The first-order valence-electron chi connectivity index (χ1n) is 15.7. The molecule has 2 N–H and O–H groups in total. The van der Waals surface area contributed by atoms with Gasteiger partial charge in [0.05, 0.1) is 11.7 Å². The summed E-state index contributed by atoms with van der Waals surface area (Å²) in [4.78, 5) is 2.25. The molecule has 5 nitrogen and oxygen atoms in total. The van der Waals surface area contributed by atoms with Crippen LogP contribution in [0.15, 0.2) is 60.7 Å². The highest BCUT2D eigenvalue weighted by molar-refractivity contribution is 6.32. The predicted molar refractivity (Wildman–Crippen MR) is 178 cm³/mol. The fourth-order valence-corrected chi connectivity index (χ4v) is 6.11. The first-order valence-corrected chi connectivity index (χ1v) is 16.0. The highest BCUT2D eigenvalue weighted by atomic mass is 35.5. The smallest absolute Gasteiger partial charge is 0.127 e. The first kappa shape index (κ1) is 33.6. The minimum absolute atomic E-state index is 0.0723. The van der Waals surface area contributed by atoms with Gasteiger partial charge in [-0.3, -0.25) is 9.29 Å². The number of ether oxygens (including phenoxy) is 2. The molecule has 3 aromatic rings. The number of nitrogens with zero attached hydrogens (tertiary/aromatic N) is 1. The largest absolute Gasteiger partial charge is 0.489 e. The molecule has 2 unspecified atom stereocenters. The topological polar surface area (TPSA) is 57.6 Å². The van der Waals surface area contributed by atoms with Crippen LogP contribution in [0.5, 0.6) is 5.75 Å². The molecule has 1 saturated heterocycles. The zero-order valence-electron chi connectivity index (χ0n) is 26.0. The average Bonchev–Trinajstić information content (AvgIpc) is 3.47. The lowest BCUT2D eigenvalue weighted by atomic mass is 9.87. The van der Waals surface area contributed by atoms with Crippen LogP contribution in [0.25, 0.3) is 11.1 Å². The number of hydrogen-bond donors (Lipinski definition) is 2. The molecule has 0 saturated carbocycles. The highest BCUT2D eigenvalue weighted by Crippen LogP contribution is 2.39. The highest BCUT2D eigenvalue weighted by Gasteiger charge is 2.24. The molecule has 4 rings (SSSR count). The Bertz CT molecular complexity index is 1410. The van der Waals surface area contributed by atoms with Gasteiger partial charge in [0.2, 0.25) is 0 Å². The second-order valence-electron chi connectivity index (χ2n) is 11.1. The Morgan fingerprint density at radius 1 is 1.09 bits per heavy atom. The summed E-state index contributed by atoms with van der Waals surface area (Å²) in [5, 5.41) is 12.0. The monoisotopic (exact) mass is 623 g/mol. The molecule has 1 aliphatic rings.